The highest BCUT2D eigenvalue weighted by Crippen LogP contribution is 2.52. The Bertz CT molecular complexity index is 330. The number of nitrogens with one attached hydrogen (secondary N) is 1. The molecule has 4 heteroatoms. The van der Waals surface area contributed by atoms with Crippen molar-refractivity contribution in [2.24, 2.45) is 11.3 Å². The monoisotopic (exact) mass is 299 g/mol. The third kappa shape index (κ3) is 4.14. The van der Waals surface area contributed by atoms with Gasteiger partial charge in [-0.2, -0.15) is 11.8 Å². The first-order valence-corrected chi connectivity index (χ1v) is 9.03. The molecule has 0 aliphatic heterocycles. The van der Waals surface area contributed by atoms with E-state index in [2.05, 4.69) is 31.1 Å². The molecule has 0 amide bonds. The quantitative estimate of drug-likeness (QED) is 0.733. The van der Waals surface area contributed by atoms with E-state index in [0.29, 0.717) is 17.7 Å². The highest BCUT2D eigenvalue weighted by Gasteiger charge is 2.45. The van der Waals surface area contributed by atoms with E-state index in [1.807, 2.05) is 0 Å². The van der Waals surface area contributed by atoms with Crippen molar-refractivity contribution in [1.82, 2.24) is 5.32 Å². The predicted molar refractivity (Wildman–Crippen MR) is 85.0 cm³/mol. The Morgan fingerprint density at radius 2 is 2.15 bits per heavy atom. The maximum absolute atomic E-state index is 11.5. The molecular formula is C16H29NO2S. The molecule has 0 aromatic heterocycles. The molecule has 0 aromatic carbocycles. The van der Waals surface area contributed by atoms with Gasteiger partial charge in [-0.3, -0.25) is 4.79 Å². The van der Waals surface area contributed by atoms with E-state index in [9.17, 15) is 4.79 Å². The lowest BCUT2D eigenvalue weighted by molar-refractivity contribution is -0.141. The van der Waals surface area contributed by atoms with Crippen LogP contribution in [0.4, 0.5) is 0 Å². The summed E-state index contributed by atoms with van der Waals surface area (Å²) in [6, 6.07) is 0.650. The van der Waals surface area contributed by atoms with Crippen molar-refractivity contribution >= 4 is 17.7 Å². The molecule has 0 heterocycles. The highest BCUT2D eigenvalue weighted by atomic mass is 32.2. The van der Waals surface area contributed by atoms with Crippen molar-refractivity contribution in [3.05, 3.63) is 0 Å². The molecule has 2 fully saturated rings. The Kier molecular flexibility index (Phi) is 5.79. The zero-order valence-electron chi connectivity index (χ0n) is 13.1. The first-order chi connectivity index (χ1) is 9.62. The van der Waals surface area contributed by atoms with E-state index in [0.717, 1.165) is 11.7 Å². The van der Waals surface area contributed by atoms with E-state index in [-0.39, 0.29) is 11.4 Å². The molecule has 3 atom stereocenters. The van der Waals surface area contributed by atoms with Gasteiger partial charge in [-0.25, -0.2) is 0 Å². The Labute approximate surface area is 127 Å². The van der Waals surface area contributed by atoms with Gasteiger partial charge in [0.1, 0.15) is 0 Å². The van der Waals surface area contributed by atoms with Crippen molar-refractivity contribution in [1.29, 1.82) is 0 Å². The Balaban J connectivity index is 1.83. The molecule has 3 nitrogen and oxygen atoms in total. The van der Waals surface area contributed by atoms with E-state index < -0.39 is 0 Å². The van der Waals surface area contributed by atoms with Crippen LogP contribution in [-0.4, -0.2) is 37.2 Å². The Morgan fingerprint density at radius 3 is 2.70 bits per heavy atom. The summed E-state index contributed by atoms with van der Waals surface area (Å²) >= 11 is 2.10. The number of ether oxygens (including phenoxy) is 1. The third-order valence-electron chi connectivity index (χ3n) is 5.16. The van der Waals surface area contributed by atoms with Crippen LogP contribution in [-0.2, 0) is 9.53 Å². The summed E-state index contributed by atoms with van der Waals surface area (Å²) in [7, 11) is 3.58. The van der Waals surface area contributed by atoms with Crippen LogP contribution in [0.15, 0.2) is 0 Å². The zero-order valence-corrected chi connectivity index (χ0v) is 13.9. The van der Waals surface area contributed by atoms with Crippen LogP contribution >= 0.6 is 11.8 Å². The second kappa shape index (κ2) is 7.17. The largest absolute Gasteiger partial charge is 0.469 e. The molecule has 2 aliphatic carbocycles. The number of hydrogen-bond acceptors (Lipinski definition) is 4. The Hall–Kier alpha value is -0.220. The lowest BCUT2D eigenvalue weighted by atomic mass is 9.84. The van der Waals surface area contributed by atoms with Gasteiger partial charge in [-0.1, -0.05) is 13.3 Å². The minimum atomic E-state index is -0.0386. The van der Waals surface area contributed by atoms with Gasteiger partial charge >= 0.3 is 5.97 Å². The van der Waals surface area contributed by atoms with Gasteiger partial charge in [0.25, 0.3) is 0 Å². The van der Waals surface area contributed by atoms with E-state index in [4.69, 9.17) is 4.74 Å². The number of carbonyl (C=O) groups is 1. The van der Waals surface area contributed by atoms with Crippen LogP contribution in [0.2, 0.25) is 0 Å². The van der Waals surface area contributed by atoms with Crippen LogP contribution in [0, 0.1) is 11.3 Å². The maximum Gasteiger partial charge on any atom is 0.306 e. The van der Waals surface area contributed by atoms with Gasteiger partial charge in [0.2, 0.25) is 0 Å². The fraction of sp³-hybridized carbons (Fsp3) is 0.938. The molecule has 0 bridgehead atoms. The number of methoxy groups -OCH3 is 1. The molecule has 0 aromatic rings. The first-order valence-electron chi connectivity index (χ1n) is 7.98. The minimum absolute atomic E-state index is 0.0386. The van der Waals surface area contributed by atoms with E-state index >= 15 is 0 Å². The summed E-state index contributed by atoms with van der Waals surface area (Å²) in [6.07, 6.45) is 8.32. The van der Waals surface area contributed by atoms with E-state index in [1.54, 1.807) is 0 Å². The lowest BCUT2D eigenvalue weighted by Gasteiger charge is -2.36. The number of rotatable bonds is 7. The van der Waals surface area contributed by atoms with Crippen molar-refractivity contribution in [2.75, 3.05) is 19.9 Å². The molecule has 2 rings (SSSR count). The third-order valence-corrected chi connectivity index (χ3v) is 6.88. The van der Waals surface area contributed by atoms with Crippen LogP contribution in [0.1, 0.15) is 51.9 Å². The SMILES string of the molecule is CCC1CCC(NC)C(SCC2(CC(=O)OC)CC2)C1. The van der Waals surface area contributed by atoms with Crippen LogP contribution in [0.25, 0.3) is 0 Å². The molecule has 0 saturated heterocycles. The smallest absolute Gasteiger partial charge is 0.306 e. The van der Waals surface area contributed by atoms with Crippen molar-refractivity contribution in [2.45, 2.75) is 63.2 Å². The molecule has 116 valence electrons. The fourth-order valence-corrected chi connectivity index (χ4v) is 5.18. The Morgan fingerprint density at radius 1 is 1.40 bits per heavy atom. The fourth-order valence-electron chi connectivity index (χ4n) is 3.31. The summed E-state index contributed by atoms with van der Waals surface area (Å²) in [5.41, 5.74) is 0.259. The number of hydrogen-bond donors (Lipinski definition) is 1. The van der Waals surface area contributed by atoms with Gasteiger partial charge in [0, 0.05) is 11.3 Å². The van der Waals surface area contributed by atoms with Gasteiger partial charge in [0.05, 0.1) is 13.5 Å². The number of esters is 1. The maximum atomic E-state index is 11.5. The molecule has 1 N–H and O–H groups in total. The van der Waals surface area contributed by atoms with Crippen LogP contribution < -0.4 is 5.32 Å². The second-order valence-electron chi connectivity index (χ2n) is 6.58. The summed E-state index contributed by atoms with van der Waals surface area (Å²) < 4.78 is 4.83. The van der Waals surface area contributed by atoms with Crippen molar-refractivity contribution in [3.63, 3.8) is 0 Å². The van der Waals surface area contributed by atoms with Gasteiger partial charge < -0.3 is 10.1 Å². The molecule has 2 aliphatic rings. The average molecular weight is 299 g/mol. The summed E-state index contributed by atoms with van der Waals surface area (Å²) in [4.78, 5) is 11.5. The van der Waals surface area contributed by atoms with Gasteiger partial charge in [-0.05, 0) is 56.2 Å². The zero-order chi connectivity index (χ0) is 14.6. The van der Waals surface area contributed by atoms with Gasteiger partial charge in [-0.15, -0.1) is 0 Å². The minimum Gasteiger partial charge on any atom is -0.469 e. The second-order valence-corrected chi connectivity index (χ2v) is 7.81. The summed E-state index contributed by atoms with van der Waals surface area (Å²) in [5.74, 6) is 1.98. The van der Waals surface area contributed by atoms with Gasteiger partial charge in [0.15, 0.2) is 0 Å². The molecule has 20 heavy (non-hydrogen) atoms. The van der Waals surface area contributed by atoms with Crippen LogP contribution in [0.5, 0.6) is 0 Å². The van der Waals surface area contributed by atoms with Crippen molar-refractivity contribution in [3.8, 4) is 0 Å². The topological polar surface area (TPSA) is 38.3 Å². The highest BCUT2D eigenvalue weighted by molar-refractivity contribution is 8.00. The number of thioether (sulfide) groups is 1. The van der Waals surface area contributed by atoms with Crippen LogP contribution in [0.3, 0.4) is 0 Å². The molecular weight excluding hydrogens is 270 g/mol. The molecule has 0 radical (unpaired) electrons. The summed E-state index contributed by atoms with van der Waals surface area (Å²) in [6.45, 7) is 2.31. The standard InChI is InChI=1S/C16H29NO2S/c1-4-12-5-6-13(17-2)14(9-12)20-11-16(7-8-16)10-15(18)19-3/h12-14,17H,4-11H2,1-3H3. The number of carbonyl (C=O) groups excluding carboxylic acids is 1. The van der Waals surface area contributed by atoms with E-state index in [1.165, 1.54) is 45.6 Å². The summed E-state index contributed by atoms with van der Waals surface area (Å²) in [5, 5.41) is 4.21. The first kappa shape index (κ1) is 16.2. The normalized spacial score (nSPS) is 31.9. The van der Waals surface area contributed by atoms with Crippen molar-refractivity contribution < 1.29 is 9.53 Å². The average Bonchev–Trinajstić information content (AvgIpc) is 3.24. The lowest BCUT2D eigenvalue weighted by Crippen LogP contribution is -2.41. The predicted octanol–water partition coefficient (Wildman–Crippen LogP) is 3.23. The molecule has 3 unspecified atom stereocenters. The molecule has 2 saturated carbocycles. The molecule has 0 spiro atoms.